The Morgan fingerprint density at radius 3 is 1.89 bits per heavy atom. The summed E-state index contributed by atoms with van der Waals surface area (Å²) in [6.07, 6.45) is 0. The van der Waals surface area contributed by atoms with Crippen LogP contribution >= 0.6 is 22.7 Å². The number of hydrogen-bond acceptors (Lipinski definition) is 3. The lowest BCUT2D eigenvalue weighted by molar-refractivity contribution is 0.584. The maximum Gasteiger partial charge on any atom is 0.343 e. The Bertz CT molecular complexity index is 3700. The standard InChI is InChI=1S/C59H53BN2S2/c1-56(2,3)32-16-20-35(21-17-32)62-48-29-40-36-22-18-34(58(7,8)9)27-45(36)59(10,11)46(40)28-41(48)38-23-24-39-42-31-51-43(37-14-12-13-15-49(37)63-51)30-47(42)61-53(39)52(38)60(62)55-54(61)44-26-33(57(4,5)6)19-25-50(44)64-55/h12-31H,1-11H3. The average Bonchev–Trinajstić information content (AvgIpc) is 3.97. The molecule has 0 fully saturated rings. The number of benzene rings is 7. The first-order chi connectivity index (χ1) is 30.4. The second kappa shape index (κ2) is 12.4. The summed E-state index contributed by atoms with van der Waals surface area (Å²) in [4.78, 5) is 2.74. The van der Waals surface area contributed by atoms with Crippen molar-refractivity contribution < 1.29 is 0 Å². The molecule has 5 heteroatoms. The highest BCUT2D eigenvalue weighted by atomic mass is 32.1. The molecule has 0 bridgehead atoms. The Morgan fingerprint density at radius 2 is 1.14 bits per heavy atom. The van der Waals surface area contributed by atoms with Gasteiger partial charge in [0.2, 0.25) is 0 Å². The Balaban J connectivity index is 1.18. The quantitative estimate of drug-likeness (QED) is 0.149. The van der Waals surface area contributed by atoms with Gasteiger partial charge >= 0.3 is 6.85 Å². The molecular weight excluding hydrogens is 812 g/mol. The van der Waals surface area contributed by atoms with Crippen molar-refractivity contribution in [3.8, 4) is 27.9 Å². The van der Waals surface area contributed by atoms with Crippen molar-refractivity contribution in [2.45, 2.75) is 97.8 Å². The van der Waals surface area contributed by atoms with E-state index in [1.165, 1.54) is 129 Å². The van der Waals surface area contributed by atoms with Crippen LogP contribution in [0.15, 0.2) is 121 Å². The maximum atomic E-state index is 2.74. The molecule has 314 valence electrons. The Hall–Kier alpha value is -5.62. The van der Waals surface area contributed by atoms with E-state index in [0.717, 1.165) is 0 Å². The Kier molecular flexibility index (Phi) is 7.51. The van der Waals surface area contributed by atoms with Gasteiger partial charge in [-0.25, -0.2) is 0 Å². The van der Waals surface area contributed by atoms with Crippen molar-refractivity contribution in [1.82, 2.24) is 4.57 Å². The molecule has 7 aromatic carbocycles. The lowest BCUT2D eigenvalue weighted by atomic mass is 9.47. The van der Waals surface area contributed by atoms with Gasteiger partial charge in [-0.15, -0.1) is 22.7 Å². The van der Waals surface area contributed by atoms with E-state index in [2.05, 4.69) is 207 Å². The molecule has 0 N–H and O–H groups in total. The molecule has 13 rings (SSSR count). The van der Waals surface area contributed by atoms with Crippen LogP contribution in [0.25, 0.3) is 80.0 Å². The Labute approximate surface area is 385 Å². The lowest BCUT2D eigenvalue weighted by Gasteiger charge is -2.41. The zero-order valence-electron chi connectivity index (χ0n) is 38.8. The topological polar surface area (TPSA) is 8.17 Å². The average molecular weight is 865 g/mol. The van der Waals surface area contributed by atoms with Crippen LogP contribution in [0.3, 0.4) is 0 Å². The highest BCUT2D eigenvalue weighted by Gasteiger charge is 2.47. The second-order valence-electron chi connectivity index (χ2n) is 22.6. The largest absolute Gasteiger partial charge is 0.376 e. The Morgan fingerprint density at radius 1 is 0.484 bits per heavy atom. The molecule has 0 unspecified atom stereocenters. The van der Waals surface area contributed by atoms with Crippen molar-refractivity contribution in [2.24, 2.45) is 0 Å². The van der Waals surface area contributed by atoms with Gasteiger partial charge in [0.15, 0.2) is 0 Å². The molecule has 2 aliphatic heterocycles. The number of hydrogen-bond donors (Lipinski definition) is 0. The number of thiophene rings is 2. The first-order valence-corrected chi connectivity index (χ1v) is 24.7. The molecule has 0 amide bonds. The zero-order valence-corrected chi connectivity index (χ0v) is 40.5. The van der Waals surface area contributed by atoms with Gasteiger partial charge in [-0.3, -0.25) is 0 Å². The van der Waals surface area contributed by atoms with Gasteiger partial charge in [-0.05, 0) is 121 Å². The fourth-order valence-electron chi connectivity index (χ4n) is 11.7. The molecule has 0 radical (unpaired) electrons. The summed E-state index contributed by atoms with van der Waals surface area (Å²) in [5.74, 6) is 0. The first kappa shape index (κ1) is 38.8. The van der Waals surface area contributed by atoms with E-state index in [-0.39, 0.29) is 28.5 Å². The summed E-state index contributed by atoms with van der Waals surface area (Å²) >= 11 is 3.92. The summed E-state index contributed by atoms with van der Waals surface area (Å²) < 4.78 is 8.16. The van der Waals surface area contributed by atoms with E-state index < -0.39 is 0 Å². The summed E-state index contributed by atoms with van der Waals surface area (Å²) in [6.45, 7) is 25.9. The van der Waals surface area contributed by atoms with Crippen LogP contribution in [0.4, 0.5) is 11.4 Å². The SMILES string of the molecule is CC(C)(C)c1ccc(N2B3c4sc5ccc(C(C)(C)C)cc5c4-n4c5cc6c(cc5c5ccc(c3c54)-c3cc4c(cc32)-c2ccc(C(C)(C)C)cc2C4(C)C)sc2ccccc26)cc1. The van der Waals surface area contributed by atoms with Gasteiger partial charge in [-0.1, -0.05) is 143 Å². The summed E-state index contributed by atoms with van der Waals surface area (Å²) in [7, 11) is 0. The van der Waals surface area contributed by atoms with Gasteiger partial charge in [0.05, 0.1) is 16.7 Å². The number of nitrogens with zero attached hydrogens (tertiary/aromatic N) is 2. The fraction of sp³-hybridized carbons (Fsp3) is 0.254. The molecule has 1 aliphatic carbocycles. The van der Waals surface area contributed by atoms with Crippen molar-refractivity contribution in [3.63, 3.8) is 0 Å². The van der Waals surface area contributed by atoms with Gasteiger partial charge in [0.1, 0.15) is 0 Å². The summed E-state index contributed by atoms with van der Waals surface area (Å²) in [6, 6.07) is 48.3. The molecule has 0 atom stereocenters. The van der Waals surface area contributed by atoms with Crippen LogP contribution < -0.4 is 15.1 Å². The highest BCUT2D eigenvalue weighted by molar-refractivity contribution is 7.32. The first-order valence-electron chi connectivity index (χ1n) is 23.1. The molecule has 0 spiro atoms. The lowest BCUT2D eigenvalue weighted by Crippen LogP contribution is -2.59. The van der Waals surface area contributed by atoms with E-state index in [1.54, 1.807) is 0 Å². The molecule has 64 heavy (non-hydrogen) atoms. The molecule has 0 saturated carbocycles. The number of fused-ring (bicyclic) bond motifs is 16. The predicted molar refractivity (Wildman–Crippen MR) is 282 cm³/mol. The number of anilines is 2. The monoisotopic (exact) mass is 864 g/mol. The smallest absolute Gasteiger partial charge is 0.343 e. The molecule has 5 heterocycles. The fourth-order valence-corrected chi connectivity index (χ4v) is 14.1. The van der Waals surface area contributed by atoms with Crippen LogP contribution in [-0.4, -0.2) is 11.4 Å². The minimum Gasteiger partial charge on any atom is -0.376 e. The molecule has 3 aromatic heterocycles. The summed E-state index contributed by atoms with van der Waals surface area (Å²) in [5.41, 5.74) is 20.3. The van der Waals surface area contributed by atoms with Crippen LogP contribution in [0.5, 0.6) is 0 Å². The van der Waals surface area contributed by atoms with E-state index in [4.69, 9.17) is 0 Å². The zero-order chi connectivity index (χ0) is 44.1. The predicted octanol–water partition coefficient (Wildman–Crippen LogP) is 15.8. The van der Waals surface area contributed by atoms with E-state index in [9.17, 15) is 0 Å². The van der Waals surface area contributed by atoms with Gasteiger partial charge in [-0.2, -0.15) is 0 Å². The van der Waals surface area contributed by atoms with Crippen LogP contribution in [-0.2, 0) is 21.7 Å². The van der Waals surface area contributed by atoms with Crippen LogP contribution in [0, 0.1) is 0 Å². The second-order valence-corrected chi connectivity index (χ2v) is 24.8. The van der Waals surface area contributed by atoms with E-state index >= 15 is 0 Å². The number of rotatable bonds is 1. The summed E-state index contributed by atoms with van der Waals surface area (Å²) in [5, 5.41) is 6.71. The van der Waals surface area contributed by atoms with Crippen molar-refractivity contribution >= 4 is 103 Å². The van der Waals surface area contributed by atoms with Crippen molar-refractivity contribution in [1.29, 1.82) is 0 Å². The molecule has 3 aliphatic rings. The van der Waals surface area contributed by atoms with Gasteiger partial charge in [0, 0.05) is 68.2 Å². The number of aromatic nitrogens is 1. The van der Waals surface area contributed by atoms with Crippen molar-refractivity contribution in [2.75, 3.05) is 4.81 Å². The third-order valence-corrected chi connectivity index (χ3v) is 17.6. The highest BCUT2D eigenvalue weighted by Crippen LogP contribution is 2.56. The van der Waals surface area contributed by atoms with E-state index in [0.29, 0.717) is 0 Å². The van der Waals surface area contributed by atoms with Crippen LogP contribution in [0.1, 0.15) is 104 Å². The minimum atomic E-state index is -0.148. The molecule has 10 aromatic rings. The molecule has 0 saturated heterocycles. The molecule has 2 nitrogen and oxygen atoms in total. The third-order valence-electron chi connectivity index (χ3n) is 15.2. The normalized spacial score (nSPS) is 15.2. The third kappa shape index (κ3) is 5.09. The van der Waals surface area contributed by atoms with E-state index in [1.807, 2.05) is 22.7 Å². The van der Waals surface area contributed by atoms with Gasteiger partial charge in [0.25, 0.3) is 0 Å². The maximum absolute atomic E-state index is 2.74. The van der Waals surface area contributed by atoms with Crippen molar-refractivity contribution in [3.05, 3.63) is 149 Å². The molecular formula is C59H53BN2S2. The minimum absolute atomic E-state index is 0.0152. The van der Waals surface area contributed by atoms with Crippen LogP contribution in [0.2, 0.25) is 0 Å². The van der Waals surface area contributed by atoms with Gasteiger partial charge < -0.3 is 9.38 Å².